The molecule has 0 saturated carbocycles. The molecule has 2 heterocycles. The van der Waals surface area contributed by atoms with E-state index in [1.54, 1.807) is 29.3 Å². The van der Waals surface area contributed by atoms with Gasteiger partial charge in [0.05, 0.1) is 0 Å². The van der Waals surface area contributed by atoms with Crippen LogP contribution in [0, 0.1) is 13.8 Å². The first-order valence-electron chi connectivity index (χ1n) is 4.25. The lowest BCUT2D eigenvalue weighted by molar-refractivity contribution is 0.978. The fourth-order valence-electron chi connectivity index (χ4n) is 1.04. The summed E-state index contributed by atoms with van der Waals surface area (Å²) in [5.74, 6) is 0. The van der Waals surface area contributed by atoms with Gasteiger partial charge in [0, 0.05) is 10.7 Å². The Kier molecular flexibility index (Phi) is 3.38. The summed E-state index contributed by atoms with van der Waals surface area (Å²) in [6.07, 6.45) is 1.79. The average molecular weight is 302 g/mol. The number of halogens is 1. The number of pyridine rings is 1. The van der Waals surface area contributed by atoms with Crippen molar-refractivity contribution in [3.05, 3.63) is 27.3 Å². The van der Waals surface area contributed by atoms with Crippen molar-refractivity contribution in [2.24, 2.45) is 0 Å². The van der Waals surface area contributed by atoms with E-state index in [0.717, 1.165) is 24.4 Å². The zero-order chi connectivity index (χ0) is 10.8. The van der Waals surface area contributed by atoms with Crippen molar-refractivity contribution < 1.29 is 0 Å². The van der Waals surface area contributed by atoms with Crippen LogP contribution in [0.2, 0.25) is 0 Å². The third-order valence-corrected chi connectivity index (χ3v) is 4.13. The molecule has 0 aliphatic rings. The van der Waals surface area contributed by atoms with Gasteiger partial charge in [-0.05, 0) is 53.2 Å². The Bertz CT molecular complexity index is 484. The van der Waals surface area contributed by atoms with Crippen LogP contribution in [0.15, 0.2) is 26.1 Å². The van der Waals surface area contributed by atoms with E-state index in [4.69, 9.17) is 0 Å². The van der Waals surface area contributed by atoms with Gasteiger partial charge in [-0.15, -0.1) is 10.2 Å². The highest BCUT2D eigenvalue weighted by molar-refractivity contribution is 9.10. The molecule has 0 aliphatic carbocycles. The highest BCUT2D eigenvalue weighted by Crippen LogP contribution is 2.31. The molecule has 0 amide bonds. The van der Waals surface area contributed by atoms with E-state index in [1.165, 1.54) is 0 Å². The maximum absolute atomic E-state index is 4.34. The zero-order valence-corrected chi connectivity index (χ0v) is 11.4. The molecule has 0 N–H and O–H groups in total. The Morgan fingerprint density at radius 1 is 1.33 bits per heavy atom. The van der Waals surface area contributed by atoms with E-state index in [-0.39, 0.29) is 0 Å². The highest BCUT2D eigenvalue weighted by atomic mass is 79.9. The van der Waals surface area contributed by atoms with Gasteiger partial charge in [0.2, 0.25) is 0 Å². The van der Waals surface area contributed by atoms with E-state index in [2.05, 4.69) is 31.1 Å². The van der Waals surface area contributed by atoms with Crippen LogP contribution < -0.4 is 0 Å². The second-order valence-electron chi connectivity index (χ2n) is 2.96. The van der Waals surface area contributed by atoms with Gasteiger partial charge in [-0.2, -0.15) is 0 Å². The molecule has 0 aliphatic heterocycles. The largest absolute Gasteiger partial charge is 0.248 e. The molecule has 0 fully saturated rings. The maximum atomic E-state index is 4.34. The fraction of sp³-hybridized carbons (Fsp3) is 0.222. The molecule has 0 spiro atoms. The molecular weight excluding hydrogens is 294 g/mol. The third-order valence-electron chi connectivity index (χ3n) is 1.69. The molecule has 2 rings (SSSR count). The van der Waals surface area contributed by atoms with Crippen LogP contribution in [0.4, 0.5) is 0 Å². The number of nitrogens with zero attached hydrogens (tertiary/aromatic N) is 3. The van der Waals surface area contributed by atoms with Crippen LogP contribution in [0.5, 0.6) is 0 Å². The highest BCUT2D eigenvalue weighted by Gasteiger charge is 2.07. The van der Waals surface area contributed by atoms with E-state index in [1.807, 2.05) is 19.9 Å². The monoisotopic (exact) mass is 301 g/mol. The molecule has 0 unspecified atom stereocenters. The van der Waals surface area contributed by atoms with Gasteiger partial charge < -0.3 is 0 Å². The first-order valence-corrected chi connectivity index (χ1v) is 6.68. The lowest BCUT2D eigenvalue weighted by atomic mass is 10.3. The first-order chi connectivity index (χ1) is 7.15. The van der Waals surface area contributed by atoms with E-state index < -0.39 is 0 Å². The van der Waals surface area contributed by atoms with E-state index in [0.29, 0.717) is 0 Å². The molecule has 6 heteroatoms. The predicted molar refractivity (Wildman–Crippen MR) is 65.4 cm³/mol. The van der Waals surface area contributed by atoms with Gasteiger partial charge in [0.1, 0.15) is 10.0 Å². The maximum Gasteiger partial charge on any atom is 0.180 e. The molecule has 3 nitrogen and oxygen atoms in total. The van der Waals surface area contributed by atoms with E-state index >= 15 is 0 Å². The van der Waals surface area contributed by atoms with Crippen molar-refractivity contribution in [3.8, 4) is 0 Å². The van der Waals surface area contributed by atoms with Crippen molar-refractivity contribution in [2.45, 2.75) is 23.2 Å². The Morgan fingerprint density at radius 2 is 2.13 bits per heavy atom. The third kappa shape index (κ3) is 2.76. The summed E-state index contributed by atoms with van der Waals surface area (Å²) in [5.41, 5.74) is 1.14. The van der Waals surface area contributed by atoms with Crippen molar-refractivity contribution in [1.82, 2.24) is 15.2 Å². The van der Waals surface area contributed by atoms with Gasteiger partial charge in [0.15, 0.2) is 4.34 Å². The molecule has 2 aromatic heterocycles. The van der Waals surface area contributed by atoms with Crippen LogP contribution >= 0.6 is 39.0 Å². The van der Waals surface area contributed by atoms with Gasteiger partial charge >= 0.3 is 0 Å². The molecule has 0 saturated heterocycles. The second-order valence-corrected chi connectivity index (χ2v) is 6.30. The lowest BCUT2D eigenvalue weighted by Gasteiger charge is -2.01. The van der Waals surface area contributed by atoms with Crippen LogP contribution in [0.1, 0.15) is 10.6 Å². The van der Waals surface area contributed by atoms with Gasteiger partial charge in [0.25, 0.3) is 0 Å². The van der Waals surface area contributed by atoms with Crippen LogP contribution in [0.25, 0.3) is 0 Å². The minimum atomic E-state index is 0.936. The summed E-state index contributed by atoms with van der Waals surface area (Å²) >= 11 is 6.53. The molecule has 0 atom stereocenters. The van der Waals surface area contributed by atoms with E-state index in [9.17, 15) is 0 Å². The summed E-state index contributed by atoms with van der Waals surface area (Å²) in [6, 6.07) is 2.04. The molecule has 2 aromatic rings. The smallest absolute Gasteiger partial charge is 0.180 e. The minimum Gasteiger partial charge on any atom is -0.248 e. The van der Waals surface area contributed by atoms with Gasteiger partial charge in [-0.1, -0.05) is 11.3 Å². The summed E-state index contributed by atoms with van der Waals surface area (Å²) < 4.78 is 1.93. The standard InChI is InChI=1S/C9H8BrN3S2/c1-5-3-7(10)4-11-8(5)15-9-13-12-6(2)14-9/h3-4H,1-2H3. The van der Waals surface area contributed by atoms with Crippen molar-refractivity contribution in [2.75, 3.05) is 0 Å². The molecular formula is C9H8BrN3S2. The second kappa shape index (κ2) is 4.59. The molecule has 78 valence electrons. The molecule has 15 heavy (non-hydrogen) atoms. The Balaban J connectivity index is 2.24. The fourth-order valence-corrected chi connectivity index (χ4v) is 3.24. The van der Waals surface area contributed by atoms with Crippen molar-refractivity contribution in [1.29, 1.82) is 0 Å². The Morgan fingerprint density at radius 3 is 2.73 bits per heavy atom. The molecule has 0 radical (unpaired) electrons. The SMILES string of the molecule is Cc1nnc(Sc2ncc(Br)cc2C)s1. The number of aryl methyl sites for hydroxylation is 2. The summed E-state index contributed by atoms with van der Waals surface area (Å²) in [6.45, 7) is 3.98. The zero-order valence-electron chi connectivity index (χ0n) is 8.19. The minimum absolute atomic E-state index is 0.936. The Labute approximate surface area is 104 Å². The van der Waals surface area contributed by atoms with Crippen LogP contribution in [-0.4, -0.2) is 15.2 Å². The molecule has 0 aromatic carbocycles. The van der Waals surface area contributed by atoms with Crippen LogP contribution in [-0.2, 0) is 0 Å². The van der Waals surface area contributed by atoms with Gasteiger partial charge in [-0.3, -0.25) is 0 Å². The Hall–Kier alpha value is -0.460. The average Bonchev–Trinajstić information content (AvgIpc) is 2.56. The first kappa shape index (κ1) is 11.0. The lowest BCUT2D eigenvalue weighted by Crippen LogP contribution is -1.84. The van der Waals surface area contributed by atoms with Crippen molar-refractivity contribution >= 4 is 39.0 Å². The number of hydrogen-bond donors (Lipinski definition) is 0. The number of aromatic nitrogens is 3. The topological polar surface area (TPSA) is 38.7 Å². The summed E-state index contributed by atoms with van der Waals surface area (Å²) in [7, 11) is 0. The quantitative estimate of drug-likeness (QED) is 0.851. The summed E-state index contributed by atoms with van der Waals surface area (Å²) in [4.78, 5) is 4.34. The number of hydrogen-bond acceptors (Lipinski definition) is 5. The van der Waals surface area contributed by atoms with Crippen LogP contribution in [0.3, 0.4) is 0 Å². The summed E-state index contributed by atoms with van der Waals surface area (Å²) in [5, 5.41) is 9.98. The van der Waals surface area contributed by atoms with Crippen molar-refractivity contribution in [3.63, 3.8) is 0 Å². The number of rotatable bonds is 2. The predicted octanol–water partition coefficient (Wildman–Crippen LogP) is 3.46. The molecule has 0 bridgehead atoms. The normalized spacial score (nSPS) is 10.6. The van der Waals surface area contributed by atoms with Gasteiger partial charge in [-0.25, -0.2) is 4.98 Å².